The number of nitrogens with zero attached hydrogens (tertiary/aromatic N) is 3. The predicted molar refractivity (Wildman–Crippen MR) is 197 cm³/mol. The number of carbonyl (C=O) groups is 1. The number of aromatic amines is 1. The van der Waals surface area contributed by atoms with E-state index in [4.69, 9.17) is 5.73 Å². The average molecular weight is 666 g/mol. The number of aryl methyl sites for hydroxylation is 2. The zero-order chi connectivity index (χ0) is 34.5. The molecule has 7 rings (SSSR count). The molecule has 1 fully saturated rings. The molecule has 1 aliphatic rings. The molecule has 8 nitrogen and oxygen atoms in total. The molecule has 5 N–H and O–H groups in total. The molecular weight excluding hydrogens is 622 g/mol. The molecule has 1 saturated heterocycles. The van der Waals surface area contributed by atoms with Crippen LogP contribution in [0, 0.1) is 0 Å². The van der Waals surface area contributed by atoms with E-state index < -0.39 is 24.3 Å². The van der Waals surface area contributed by atoms with Gasteiger partial charge in [0.25, 0.3) is 0 Å². The first-order valence-electron chi connectivity index (χ1n) is 17.3. The molecule has 8 heteroatoms. The number of rotatable bonds is 11. The molecule has 5 aromatic carbocycles. The van der Waals surface area contributed by atoms with Gasteiger partial charge in [0.1, 0.15) is 12.2 Å². The third-order valence-corrected chi connectivity index (χ3v) is 9.87. The van der Waals surface area contributed by atoms with Crippen molar-refractivity contribution in [2.45, 2.75) is 63.1 Å². The molecule has 254 valence electrons. The van der Waals surface area contributed by atoms with Crippen molar-refractivity contribution in [3.05, 3.63) is 167 Å². The van der Waals surface area contributed by atoms with Crippen molar-refractivity contribution >= 4 is 22.6 Å². The Morgan fingerprint density at radius 3 is 1.68 bits per heavy atom. The number of hydrogen-bond acceptors (Lipinski definition) is 5. The smallest absolute Gasteiger partial charge is 0.321 e. The first-order chi connectivity index (χ1) is 24.4. The number of aromatic nitrogens is 2. The van der Waals surface area contributed by atoms with E-state index in [1.807, 2.05) is 115 Å². The lowest BCUT2D eigenvalue weighted by molar-refractivity contribution is -0.0408. The summed E-state index contributed by atoms with van der Waals surface area (Å²) in [6.45, 7) is 0.467. The molecule has 50 heavy (non-hydrogen) atoms. The zero-order valence-electron chi connectivity index (χ0n) is 28.0. The van der Waals surface area contributed by atoms with Crippen molar-refractivity contribution in [2.24, 2.45) is 0 Å². The number of aliphatic hydroxyl groups excluding tert-OH is 2. The SMILES string of the molecule is Nc1cccc(CN2C(=O)N(Cc3ccc4n[nH]c(CCc5ccccc5)c4c3)[C@H](Cc3ccccc3)[C@H](O)[C@@H](O)[C@H]2Cc2ccccc2)c1. The number of amides is 2. The van der Waals surface area contributed by atoms with Crippen LogP contribution in [-0.2, 0) is 38.8 Å². The number of aliphatic hydroxyl groups is 2. The van der Waals surface area contributed by atoms with Gasteiger partial charge in [-0.3, -0.25) is 5.10 Å². The quantitative estimate of drug-likeness (QED) is 0.121. The number of H-pyrrole nitrogens is 1. The molecule has 2 amide bonds. The van der Waals surface area contributed by atoms with Gasteiger partial charge in [-0.1, -0.05) is 109 Å². The Morgan fingerprint density at radius 2 is 1.12 bits per heavy atom. The van der Waals surface area contributed by atoms with Crippen LogP contribution in [0.15, 0.2) is 133 Å². The maximum absolute atomic E-state index is 15.1. The Kier molecular flexibility index (Phi) is 9.91. The summed E-state index contributed by atoms with van der Waals surface area (Å²) < 4.78 is 0. The van der Waals surface area contributed by atoms with Gasteiger partial charge in [0.2, 0.25) is 0 Å². The number of carbonyl (C=O) groups excluding carboxylic acids is 1. The normalized spacial score (nSPS) is 19.5. The Balaban J connectivity index is 1.27. The maximum atomic E-state index is 15.1. The molecule has 0 unspecified atom stereocenters. The first kappa shape index (κ1) is 33.1. The summed E-state index contributed by atoms with van der Waals surface area (Å²) in [5.74, 6) is 0. The largest absolute Gasteiger partial charge is 0.399 e. The number of nitrogens with one attached hydrogen (secondary N) is 1. The maximum Gasteiger partial charge on any atom is 0.321 e. The number of fused-ring (bicyclic) bond motifs is 1. The minimum absolute atomic E-state index is 0.226. The molecule has 1 aliphatic heterocycles. The number of anilines is 1. The summed E-state index contributed by atoms with van der Waals surface area (Å²) in [5.41, 5.74) is 13.6. The van der Waals surface area contributed by atoms with E-state index in [9.17, 15) is 10.2 Å². The van der Waals surface area contributed by atoms with Crippen LogP contribution in [0.5, 0.6) is 0 Å². The molecule has 4 atom stereocenters. The number of hydrogen-bond donors (Lipinski definition) is 4. The van der Waals surface area contributed by atoms with Crippen LogP contribution >= 0.6 is 0 Å². The van der Waals surface area contributed by atoms with Crippen molar-refractivity contribution in [2.75, 3.05) is 5.73 Å². The van der Waals surface area contributed by atoms with Gasteiger partial charge in [0.15, 0.2) is 0 Å². The standard InChI is InChI=1S/C42H43N5O3/c43-34-18-10-17-32(23-34)27-46-38(25-30-13-6-2-7-14-30)40(48)41(49)39(26-31-15-8-3-9-16-31)47(42(46)50)28-33-20-22-37-35(24-33)36(44-45-37)21-19-29-11-4-1-5-12-29/h1-18,20,22-24,38-41,48-49H,19,21,25-28,43H2,(H,44,45)/t38-,39-,40+,41+/m1/s1. The van der Waals surface area contributed by atoms with Crippen LogP contribution in [0.2, 0.25) is 0 Å². The van der Waals surface area contributed by atoms with Gasteiger partial charge in [-0.05, 0) is 77.8 Å². The zero-order valence-corrected chi connectivity index (χ0v) is 28.0. The van der Waals surface area contributed by atoms with E-state index in [1.54, 1.807) is 9.80 Å². The van der Waals surface area contributed by atoms with Crippen molar-refractivity contribution in [3.8, 4) is 0 Å². The third kappa shape index (κ3) is 7.42. The van der Waals surface area contributed by atoms with Gasteiger partial charge in [-0.2, -0.15) is 5.10 Å². The Bertz CT molecular complexity index is 2020. The van der Waals surface area contributed by atoms with Crippen molar-refractivity contribution < 1.29 is 15.0 Å². The second-order valence-electron chi connectivity index (χ2n) is 13.3. The summed E-state index contributed by atoms with van der Waals surface area (Å²) in [4.78, 5) is 18.5. The topological polar surface area (TPSA) is 119 Å². The molecule has 0 saturated carbocycles. The molecule has 2 heterocycles. The molecule has 1 aromatic heterocycles. The fraction of sp³-hybridized carbons (Fsp3) is 0.238. The second kappa shape index (κ2) is 15.0. The summed E-state index contributed by atoms with van der Waals surface area (Å²) in [6, 6.07) is 42.0. The summed E-state index contributed by atoms with van der Waals surface area (Å²) in [6.07, 6.45) is 0.00906. The van der Waals surface area contributed by atoms with Gasteiger partial charge in [-0.25, -0.2) is 4.79 Å². The fourth-order valence-electron chi connectivity index (χ4n) is 7.21. The van der Waals surface area contributed by atoms with Crippen LogP contribution in [-0.4, -0.2) is 60.5 Å². The number of nitrogen functional groups attached to an aromatic ring is 1. The van der Waals surface area contributed by atoms with Gasteiger partial charge in [-0.15, -0.1) is 0 Å². The molecule has 0 aliphatic carbocycles. The van der Waals surface area contributed by atoms with Crippen LogP contribution < -0.4 is 5.73 Å². The van der Waals surface area contributed by atoms with Gasteiger partial charge in [0.05, 0.1) is 17.6 Å². The van der Waals surface area contributed by atoms with Crippen molar-refractivity contribution in [1.29, 1.82) is 0 Å². The molecule has 0 spiro atoms. The average Bonchev–Trinajstić information content (AvgIpc) is 3.54. The van der Waals surface area contributed by atoms with Crippen LogP contribution in [0.25, 0.3) is 10.9 Å². The lowest BCUT2D eigenvalue weighted by atomic mass is 9.91. The highest BCUT2D eigenvalue weighted by molar-refractivity contribution is 5.82. The van der Waals surface area contributed by atoms with Crippen molar-refractivity contribution in [3.63, 3.8) is 0 Å². The highest BCUT2D eigenvalue weighted by atomic mass is 16.3. The monoisotopic (exact) mass is 665 g/mol. The lowest BCUT2D eigenvalue weighted by Crippen LogP contribution is -2.50. The van der Waals surface area contributed by atoms with E-state index in [0.717, 1.165) is 51.7 Å². The van der Waals surface area contributed by atoms with Crippen LogP contribution in [0.4, 0.5) is 10.5 Å². The van der Waals surface area contributed by atoms with E-state index in [1.165, 1.54) is 5.56 Å². The predicted octanol–water partition coefficient (Wildman–Crippen LogP) is 6.31. The minimum Gasteiger partial charge on any atom is -0.399 e. The van der Waals surface area contributed by atoms with E-state index in [-0.39, 0.29) is 19.1 Å². The lowest BCUT2D eigenvalue weighted by Gasteiger charge is -2.36. The number of urea groups is 1. The highest BCUT2D eigenvalue weighted by Crippen LogP contribution is 2.31. The summed E-state index contributed by atoms with van der Waals surface area (Å²) in [5, 5.41) is 32.9. The molecular formula is C42H43N5O3. The Hall–Kier alpha value is -5.44. The van der Waals surface area contributed by atoms with Gasteiger partial charge < -0.3 is 25.7 Å². The minimum atomic E-state index is -1.21. The molecule has 0 bridgehead atoms. The summed E-state index contributed by atoms with van der Waals surface area (Å²) in [7, 11) is 0. The van der Waals surface area contributed by atoms with E-state index in [0.29, 0.717) is 18.5 Å². The van der Waals surface area contributed by atoms with Crippen LogP contribution in [0.3, 0.4) is 0 Å². The van der Waals surface area contributed by atoms with Gasteiger partial charge >= 0.3 is 6.03 Å². The fourth-order valence-corrected chi connectivity index (χ4v) is 7.21. The molecule has 0 radical (unpaired) electrons. The Morgan fingerprint density at radius 1 is 0.600 bits per heavy atom. The highest BCUT2D eigenvalue weighted by Gasteiger charge is 2.46. The second-order valence-corrected chi connectivity index (χ2v) is 13.3. The van der Waals surface area contributed by atoms with Crippen LogP contribution in [0.1, 0.15) is 33.5 Å². The molecule has 6 aromatic rings. The van der Waals surface area contributed by atoms with Gasteiger partial charge in [0, 0.05) is 29.9 Å². The summed E-state index contributed by atoms with van der Waals surface area (Å²) >= 11 is 0. The van der Waals surface area contributed by atoms with E-state index >= 15 is 4.79 Å². The van der Waals surface area contributed by atoms with E-state index in [2.05, 4.69) is 28.4 Å². The first-order valence-corrected chi connectivity index (χ1v) is 17.3. The number of nitrogens with two attached hydrogens (primary N) is 1. The third-order valence-electron chi connectivity index (χ3n) is 9.87. The Labute approximate surface area is 292 Å². The number of benzene rings is 5. The van der Waals surface area contributed by atoms with Crippen molar-refractivity contribution in [1.82, 2.24) is 20.0 Å².